The SMILES string of the molecule is COc1cc(-c2ccc(-n3nc(-c4ccc([N+](=O)[O-])cc4)n[n+]3-c3ccc([N+](=O)[O-])cc3)c(OC)c2)ccc1-n1nc(-c2ccc([N+](=O)[O-])cc2)n[n+]1-c1ccc([N+](=O)[O-])cc1. The normalized spacial score (nSPS) is 10.9. The maximum atomic E-state index is 11.4. The largest absolute Gasteiger partial charge is 0.494 e. The van der Waals surface area contributed by atoms with Crippen molar-refractivity contribution in [1.29, 1.82) is 0 Å². The van der Waals surface area contributed by atoms with Crippen LogP contribution in [0.15, 0.2) is 133 Å². The highest BCUT2D eigenvalue weighted by molar-refractivity contribution is 5.71. The zero-order valence-corrected chi connectivity index (χ0v) is 32.2. The molecule has 0 amide bonds. The van der Waals surface area contributed by atoms with E-state index in [1.165, 1.54) is 130 Å². The molecule has 22 nitrogen and oxygen atoms in total. The monoisotopic (exact) mass is 836 g/mol. The van der Waals surface area contributed by atoms with Gasteiger partial charge in [0.05, 0.1) is 55.2 Å². The van der Waals surface area contributed by atoms with Gasteiger partial charge in [-0.25, -0.2) is 0 Å². The van der Waals surface area contributed by atoms with E-state index in [2.05, 4.69) is 10.2 Å². The predicted octanol–water partition coefficient (Wildman–Crippen LogP) is 6.05. The minimum absolute atomic E-state index is 0.115. The molecule has 2 heterocycles. The summed E-state index contributed by atoms with van der Waals surface area (Å²) < 4.78 is 11.7. The fourth-order valence-electron chi connectivity index (χ4n) is 6.37. The molecule has 0 saturated carbocycles. The number of tetrazole rings is 2. The molecule has 306 valence electrons. The van der Waals surface area contributed by atoms with Crippen LogP contribution in [0.25, 0.3) is 56.7 Å². The Morgan fingerprint density at radius 1 is 0.435 bits per heavy atom. The summed E-state index contributed by atoms with van der Waals surface area (Å²) >= 11 is 0. The van der Waals surface area contributed by atoms with Gasteiger partial charge in [0.1, 0.15) is 0 Å². The van der Waals surface area contributed by atoms with Crippen molar-refractivity contribution in [2.24, 2.45) is 0 Å². The van der Waals surface area contributed by atoms with E-state index in [1.54, 1.807) is 36.4 Å². The van der Waals surface area contributed by atoms with Gasteiger partial charge in [-0.3, -0.25) is 40.5 Å². The molecule has 6 aromatic carbocycles. The fraction of sp³-hybridized carbons (Fsp3) is 0.0500. The van der Waals surface area contributed by atoms with Crippen LogP contribution in [0.5, 0.6) is 11.5 Å². The molecule has 8 aromatic rings. The van der Waals surface area contributed by atoms with Crippen molar-refractivity contribution in [3.8, 4) is 68.2 Å². The quantitative estimate of drug-likeness (QED) is 0.0727. The Balaban J connectivity index is 1.20. The molecule has 0 spiro atoms. The Labute approximate surface area is 347 Å². The van der Waals surface area contributed by atoms with E-state index in [0.29, 0.717) is 56.5 Å². The van der Waals surface area contributed by atoms with Crippen LogP contribution < -0.4 is 19.1 Å². The number of hydrogen-bond donors (Lipinski definition) is 0. The number of methoxy groups -OCH3 is 2. The lowest BCUT2D eigenvalue weighted by Gasteiger charge is -2.11. The maximum absolute atomic E-state index is 11.4. The number of nitrogens with zero attached hydrogens (tertiary/aromatic N) is 12. The third-order valence-corrected chi connectivity index (χ3v) is 9.50. The molecule has 0 aliphatic rings. The lowest BCUT2D eigenvalue weighted by Crippen LogP contribution is -2.43. The summed E-state index contributed by atoms with van der Waals surface area (Å²) in [6.07, 6.45) is 0. The van der Waals surface area contributed by atoms with E-state index in [0.717, 1.165) is 0 Å². The molecule has 22 heteroatoms. The van der Waals surface area contributed by atoms with Crippen LogP contribution in [0.4, 0.5) is 22.7 Å². The van der Waals surface area contributed by atoms with Gasteiger partial charge in [-0.05, 0) is 104 Å². The number of non-ortho nitro benzene ring substituents is 4. The summed E-state index contributed by atoms with van der Waals surface area (Å²) in [6, 6.07) is 33.3. The lowest BCUT2D eigenvalue weighted by atomic mass is 10.0. The van der Waals surface area contributed by atoms with Gasteiger partial charge in [0.15, 0.2) is 34.2 Å². The molecule has 0 aliphatic heterocycles. The van der Waals surface area contributed by atoms with Crippen LogP contribution in [0.3, 0.4) is 0 Å². The molecule has 0 unspecified atom stereocenters. The van der Waals surface area contributed by atoms with E-state index in [-0.39, 0.29) is 34.4 Å². The Hall–Kier alpha value is -9.34. The zero-order valence-electron chi connectivity index (χ0n) is 32.2. The Kier molecular flexibility index (Phi) is 10.3. The van der Waals surface area contributed by atoms with Crippen LogP contribution in [0.2, 0.25) is 0 Å². The third kappa shape index (κ3) is 7.55. The van der Waals surface area contributed by atoms with Crippen LogP contribution in [0, 0.1) is 40.5 Å². The number of rotatable bonds is 13. The highest BCUT2D eigenvalue weighted by Gasteiger charge is 2.29. The Morgan fingerprint density at radius 3 is 1.02 bits per heavy atom. The number of hydrogen-bond acceptors (Lipinski definition) is 14. The molecule has 0 aliphatic carbocycles. The van der Waals surface area contributed by atoms with Gasteiger partial charge >= 0.3 is 11.6 Å². The summed E-state index contributed by atoms with van der Waals surface area (Å²) in [5, 5.41) is 64.1. The van der Waals surface area contributed by atoms with Gasteiger partial charge in [0, 0.05) is 58.1 Å². The Bertz CT molecular complexity index is 2840. The van der Waals surface area contributed by atoms with Crippen molar-refractivity contribution in [1.82, 2.24) is 30.0 Å². The highest BCUT2D eigenvalue weighted by Crippen LogP contribution is 2.34. The van der Waals surface area contributed by atoms with Crippen molar-refractivity contribution in [2.75, 3.05) is 14.2 Å². The van der Waals surface area contributed by atoms with Gasteiger partial charge in [0.2, 0.25) is 0 Å². The highest BCUT2D eigenvalue weighted by atomic mass is 16.6. The maximum Gasteiger partial charge on any atom is 0.340 e. The first kappa shape index (κ1) is 39.5. The first-order valence-electron chi connectivity index (χ1n) is 18.1. The zero-order chi connectivity index (χ0) is 43.7. The number of benzene rings is 6. The van der Waals surface area contributed by atoms with Gasteiger partial charge in [-0.1, -0.05) is 12.1 Å². The molecule has 0 N–H and O–H groups in total. The van der Waals surface area contributed by atoms with E-state index < -0.39 is 19.7 Å². The van der Waals surface area contributed by atoms with Gasteiger partial charge in [-0.15, -0.1) is 0 Å². The standard InChI is InChI=1S/C40H28N12O10/c1-61-37-23-27(7-21-35(37)47-43-39(25-3-9-31(10-4-25)49(53)54)41-45(47)29-13-17-33(18-14-29)51(57)58)28-8-22-36(38(24-28)62-2)48-44-40(26-5-11-32(12-6-26)50(55)56)42-46(48)30-15-19-34(20-16-30)52(59)60/h3-24H,1-2H3/q+2. The van der Waals surface area contributed by atoms with Gasteiger partial charge in [0.25, 0.3) is 22.7 Å². The summed E-state index contributed by atoms with van der Waals surface area (Å²) in [4.78, 5) is 49.0. The average Bonchev–Trinajstić information content (AvgIpc) is 3.95. The molecule has 0 bridgehead atoms. The first-order chi connectivity index (χ1) is 29.9. The minimum Gasteiger partial charge on any atom is -0.494 e. The molecule has 0 radical (unpaired) electrons. The summed E-state index contributed by atoms with van der Waals surface area (Å²) in [5.74, 6) is 1.09. The summed E-state index contributed by atoms with van der Waals surface area (Å²) in [7, 11) is 2.95. The molecule has 0 atom stereocenters. The third-order valence-electron chi connectivity index (χ3n) is 9.50. The number of ether oxygens (including phenoxy) is 2. The number of nitro benzene ring substituents is 4. The second-order valence-corrected chi connectivity index (χ2v) is 13.1. The Morgan fingerprint density at radius 2 is 0.726 bits per heavy atom. The molecule has 0 saturated heterocycles. The van der Waals surface area contributed by atoms with Crippen molar-refractivity contribution < 1.29 is 38.8 Å². The molecular weight excluding hydrogens is 809 g/mol. The molecular formula is C40H28N12O10+2. The molecule has 62 heavy (non-hydrogen) atoms. The predicted molar refractivity (Wildman–Crippen MR) is 215 cm³/mol. The van der Waals surface area contributed by atoms with Gasteiger partial charge in [-0.2, -0.15) is 0 Å². The summed E-state index contributed by atoms with van der Waals surface area (Å²) in [5.41, 5.74) is 3.48. The topological polar surface area (TPSA) is 260 Å². The van der Waals surface area contributed by atoms with Crippen LogP contribution in [-0.2, 0) is 0 Å². The van der Waals surface area contributed by atoms with Crippen molar-refractivity contribution in [2.45, 2.75) is 0 Å². The van der Waals surface area contributed by atoms with Crippen LogP contribution >= 0.6 is 0 Å². The second-order valence-electron chi connectivity index (χ2n) is 13.1. The van der Waals surface area contributed by atoms with Crippen LogP contribution in [-0.4, -0.2) is 63.9 Å². The average molecular weight is 837 g/mol. The second kappa shape index (κ2) is 16.1. The number of nitro groups is 4. The van der Waals surface area contributed by atoms with Crippen molar-refractivity contribution in [3.05, 3.63) is 174 Å². The van der Waals surface area contributed by atoms with Crippen LogP contribution in [0.1, 0.15) is 0 Å². The lowest BCUT2D eigenvalue weighted by molar-refractivity contribution is -0.734. The van der Waals surface area contributed by atoms with Crippen molar-refractivity contribution >= 4 is 22.7 Å². The molecule has 0 fully saturated rings. The van der Waals surface area contributed by atoms with Gasteiger partial charge < -0.3 is 9.47 Å². The fourth-order valence-corrected chi connectivity index (χ4v) is 6.37. The van der Waals surface area contributed by atoms with Crippen molar-refractivity contribution in [3.63, 3.8) is 0 Å². The number of aromatic nitrogens is 8. The molecule has 2 aromatic heterocycles. The van der Waals surface area contributed by atoms with E-state index in [1.807, 2.05) is 0 Å². The van der Waals surface area contributed by atoms with E-state index in [9.17, 15) is 40.5 Å². The minimum atomic E-state index is -0.521. The van der Waals surface area contributed by atoms with E-state index >= 15 is 0 Å². The molecule has 8 rings (SSSR count). The smallest absolute Gasteiger partial charge is 0.340 e. The first-order valence-corrected chi connectivity index (χ1v) is 18.1. The summed E-state index contributed by atoms with van der Waals surface area (Å²) in [6.45, 7) is 0. The van der Waals surface area contributed by atoms with E-state index in [4.69, 9.17) is 19.7 Å².